The van der Waals surface area contributed by atoms with E-state index in [9.17, 15) is 9.59 Å². The van der Waals surface area contributed by atoms with Crippen LogP contribution in [0.4, 0.5) is 0 Å². The van der Waals surface area contributed by atoms with E-state index < -0.39 is 6.10 Å². The molecule has 150 valence electrons. The average Bonchev–Trinajstić information content (AvgIpc) is 2.65. The summed E-state index contributed by atoms with van der Waals surface area (Å²) in [5.41, 5.74) is 1.20. The van der Waals surface area contributed by atoms with Crippen LogP contribution in [0, 0.1) is 5.92 Å². The Morgan fingerprint density at radius 2 is 2.07 bits per heavy atom. The van der Waals surface area contributed by atoms with Gasteiger partial charge in [-0.3, -0.25) is 9.59 Å². The molecule has 2 rings (SSSR count). The average molecular weight is 375 g/mol. The lowest BCUT2D eigenvalue weighted by atomic mass is 9.87. The first kappa shape index (κ1) is 21.3. The number of hydrogen-bond donors (Lipinski definition) is 1. The minimum atomic E-state index is -0.572. The monoisotopic (exact) mass is 374 g/mol. The van der Waals surface area contributed by atoms with Gasteiger partial charge in [0.2, 0.25) is 5.91 Å². The van der Waals surface area contributed by atoms with E-state index in [1.54, 1.807) is 11.8 Å². The van der Waals surface area contributed by atoms with Crippen LogP contribution in [0.1, 0.15) is 59.4 Å². The van der Waals surface area contributed by atoms with E-state index in [2.05, 4.69) is 32.2 Å². The molecule has 0 saturated carbocycles. The SMILES string of the molecule is CCCNC(=O)C1CCCN(C(=O)C(C)Oc2cccc(C(C)(C)C)c2)C1. The van der Waals surface area contributed by atoms with Crippen LogP contribution in [0.5, 0.6) is 5.75 Å². The van der Waals surface area contributed by atoms with E-state index in [1.165, 1.54) is 5.56 Å². The molecule has 1 aromatic rings. The third-order valence-electron chi connectivity index (χ3n) is 5.01. The molecule has 1 N–H and O–H groups in total. The van der Waals surface area contributed by atoms with Crippen LogP contribution in [0.3, 0.4) is 0 Å². The molecule has 1 saturated heterocycles. The molecular weight excluding hydrogens is 340 g/mol. The second kappa shape index (κ2) is 9.25. The van der Waals surface area contributed by atoms with Gasteiger partial charge in [0.1, 0.15) is 5.75 Å². The number of nitrogens with one attached hydrogen (secondary N) is 1. The lowest BCUT2D eigenvalue weighted by Gasteiger charge is -2.33. The Hall–Kier alpha value is -2.04. The van der Waals surface area contributed by atoms with Crippen molar-refractivity contribution >= 4 is 11.8 Å². The van der Waals surface area contributed by atoms with Crippen molar-refractivity contribution in [3.05, 3.63) is 29.8 Å². The molecule has 2 unspecified atom stereocenters. The Morgan fingerprint density at radius 1 is 1.33 bits per heavy atom. The lowest BCUT2D eigenvalue weighted by molar-refractivity contribution is -0.141. The van der Waals surface area contributed by atoms with Crippen molar-refractivity contribution in [2.24, 2.45) is 5.92 Å². The van der Waals surface area contributed by atoms with Gasteiger partial charge in [-0.05, 0) is 49.3 Å². The van der Waals surface area contributed by atoms with Gasteiger partial charge in [-0.15, -0.1) is 0 Å². The highest BCUT2D eigenvalue weighted by Crippen LogP contribution is 2.26. The third kappa shape index (κ3) is 5.98. The minimum absolute atomic E-state index is 0.0263. The molecule has 0 aromatic heterocycles. The summed E-state index contributed by atoms with van der Waals surface area (Å²) in [6.45, 7) is 12.1. The van der Waals surface area contributed by atoms with E-state index in [0.717, 1.165) is 19.3 Å². The van der Waals surface area contributed by atoms with Crippen molar-refractivity contribution < 1.29 is 14.3 Å². The highest BCUT2D eigenvalue weighted by atomic mass is 16.5. The van der Waals surface area contributed by atoms with Gasteiger partial charge in [0.05, 0.1) is 5.92 Å². The number of rotatable bonds is 6. The summed E-state index contributed by atoms with van der Waals surface area (Å²) < 4.78 is 5.93. The Kier molecular flexibility index (Phi) is 7.28. The molecule has 0 bridgehead atoms. The van der Waals surface area contributed by atoms with Crippen LogP contribution in [0.2, 0.25) is 0 Å². The van der Waals surface area contributed by atoms with Crippen molar-refractivity contribution in [1.29, 1.82) is 0 Å². The standard InChI is InChI=1S/C22H34N2O3/c1-6-12-23-20(25)17-9-8-13-24(15-17)21(26)16(2)27-19-11-7-10-18(14-19)22(3,4)5/h7,10-11,14,16-17H,6,8-9,12-13,15H2,1-5H3,(H,23,25). The number of carbonyl (C=O) groups is 2. The molecule has 1 fully saturated rings. The maximum absolute atomic E-state index is 12.8. The fourth-order valence-corrected chi connectivity index (χ4v) is 3.33. The number of hydrogen-bond acceptors (Lipinski definition) is 3. The highest BCUT2D eigenvalue weighted by molar-refractivity contribution is 5.83. The van der Waals surface area contributed by atoms with Crippen molar-refractivity contribution in [3.8, 4) is 5.75 Å². The summed E-state index contributed by atoms with van der Waals surface area (Å²) in [5, 5.41) is 2.94. The van der Waals surface area contributed by atoms with E-state index in [4.69, 9.17) is 4.74 Å². The van der Waals surface area contributed by atoms with Gasteiger partial charge in [-0.2, -0.15) is 0 Å². The molecule has 2 atom stereocenters. The molecule has 0 radical (unpaired) electrons. The Morgan fingerprint density at radius 3 is 2.74 bits per heavy atom. The van der Waals surface area contributed by atoms with Gasteiger partial charge in [0.25, 0.3) is 5.91 Å². The van der Waals surface area contributed by atoms with Crippen LogP contribution in [-0.4, -0.2) is 42.5 Å². The number of nitrogens with zero attached hydrogens (tertiary/aromatic N) is 1. The molecule has 1 aliphatic heterocycles. The Labute approximate surface area is 163 Å². The number of likely N-dealkylation sites (tertiary alicyclic amines) is 1. The number of piperidine rings is 1. The zero-order chi connectivity index (χ0) is 20.0. The number of ether oxygens (including phenoxy) is 1. The fraction of sp³-hybridized carbons (Fsp3) is 0.636. The zero-order valence-electron chi connectivity index (χ0n) is 17.4. The van der Waals surface area contributed by atoms with E-state index >= 15 is 0 Å². The second-order valence-electron chi connectivity index (χ2n) is 8.45. The first-order valence-electron chi connectivity index (χ1n) is 10.1. The van der Waals surface area contributed by atoms with Crippen molar-refractivity contribution in [3.63, 3.8) is 0 Å². The van der Waals surface area contributed by atoms with Gasteiger partial charge in [-0.25, -0.2) is 0 Å². The Bertz CT molecular complexity index is 651. The molecular formula is C22H34N2O3. The van der Waals surface area contributed by atoms with Gasteiger partial charge < -0.3 is 15.0 Å². The smallest absolute Gasteiger partial charge is 0.263 e. The summed E-state index contributed by atoms with van der Waals surface area (Å²) in [5.74, 6) is 0.591. The predicted octanol–water partition coefficient (Wildman–Crippen LogP) is 3.52. The summed E-state index contributed by atoms with van der Waals surface area (Å²) >= 11 is 0. The van der Waals surface area contributed by atoms with Crippen LogP contribution in [0.15, 0.2) is 24.3 Å². The topological polar surface area (TPSA) is 58.6 Å². The first-order chi connectivity index (χ1) is 12.7. The molecule has 0 aliphatic carbocycles. The number of carbonyl (C=O) groups excluding carboxylic acids is 2. The molecule has 1 heterocycles. The van der Waals surface area contributed by atoms with E-state index in [0.29, 0.717) is 25.4 Å². The highest BCUT2D eigenvalue weighted by Gasteiger charge is 2.31. The lowest BCUT2D eigenvalue weighted by Crippen LogP contribution is -2.49. The van der Waals surface area contributed by atoms with Gasteiger partial charge in [0.15, 0.2) is 6.10 Å². The summed E-state index contributed by atoms with van der Waals surface area (Å²) in [7, 11) is 0. The van der Waals surface area contributed by atoms with Crippen molar-refractivity contribution in [2.45, 2.75) is 65.4 Å². The zero-order valence-corrected chi connectivity index (χ0v) is 17.4. The summed E-state index contributed by atoms with van der Waals surface area (Å²) in [4.78, 5) is 26.8. The van der Waals surface area contributed by atoms with Crippen LogP contribution in [-0.2, 0) is 15.0 Å². The number of benzene rings is 1. The normalized spacial score (nSPS) is 18.7. The van der Waals surface area contributed by atoms with Gasteiger partial charge in [0, 0.05) is 19.6 Å². The molecule has 0 spiro atoms. The second-order valence-corrected chi connectivity index (χ2v) is 8.45. The maximum Gasteiger partial charge on any atom is 0.263 e. The molecule has 2 amide bonds. The molecule has 1 aromatic carbocycles. The fourth-order valence-electron chi connectivity index (χ4n) is 3.33. The number of amides is 2. The molecule has 27 heavy (non-hydrogen) atoms. The molecule has 5 nitrogen and oxygen atoms in total. The summed E-state index contributed by atoms with van der Waals surface area (Å²) in [6.07, 6.45) is 2.03. The maximum atomic E-state index is 12.8. The largest absolute Gasteiger partial charge is 0.481 e. The van der Waals surface area contributed by atoms with Gasteiger partial charge >= 0.3 is 0 Å². The van der Waals surface area contributed by atoms with E-state index in [-0.39, 0.29) is 23.1 Å². The van der Waals surface area contributed by atoms with Gasteiger partial charge in [-0.1, -0.05) is 39.8 Å². The van der Waals surface area contributed by atoms with Crippen LogP contribution >= 0.6 is 0 Å². The predicted molar refractivity (Wildman–Crippen MR) is 108 cm³/mol. The quantitative estimate of drug-likeness (QED) is 0.829. The first-order valence-corrected chi connectivity index (χ1v) is 10.1. The van der Waals surface area contributed by atoms with Crippen molar-refractivity contribution in [1.82, 2.24) is 10.2 Å². The molecule has 1 aliphatic rings. The third-order valence-corrected chi connectivity index (χ3v) is 5.01. The van der Waals surface area contributed by atoms with E-state index in [1.807, 2.05) is 25.1 Å². The summed E-state index contributed by atoms with van der Waals surface area (Å²) in [6, 6.07) is 7.92. The Balaban J connectivity index is 1.97. The van der Waals surface area contributed by atoms with Crippen molar-refractivity contribution in [2.75, 3.05) is 19.6 Å². The van der Waals surface area contributed by atoms with Crippen LogP contribution in [0.25, 0.3) is 0 Å². The minimum Gasteiger partial charge on any atom is -0.481 e. The van der Waals surface area contributed by atoms with Crippen LogP contribution < -0.4 is 10.1 Å². The molecule has 5 heteroatoms.